The molecule has 1 fully saturated rings. The standard InChI is InChI=1S/C10H21NO2/c1-2-3-4-6-11-8-10-5-7-12-9-13-10/h10-11H,2-9H2,1H3. The van der Waals surface area contributed by atoms with Gasteiger partial charge in [-0.25, -0.2) is 0 Å². The number of ether oxygens (including phenoxy) is 2. The Balaban J connectivity index is 1.86. The Hall–Kier alpha value is -0.120. The van der Waals surface area contributed by atoms with Gasteiger partial charge in [0.25, 0.3) is 0 Å². The fourth-order valence-corrected chi connectivity index (χ4v) is 1.43. The Labute approximate surface area is 80.8 Å². The molecule has 1 aliphatic rings. The predicted octanol–water partition coefficient (Wildman–Crippen LogP) is 1.53. The highest BCUT2D eigenvalue weighted by Crippen LogP contribution is 2.04. The zero-order valence-corrected chi connectivity index (χ0v) is 8.55. The smallest absolute Gasteiger partial charge is 0.147 e. The van der Waals surface area contributed by atoms with E-state index in [2.05, 4.69) is 12.2 Å². The van der Waals surface area contributed by atoms with Crippen molar-refractivity contribution in [1.82, 2.24) is 5.32 Å². The summed E-state index contributed by atoms with van der Waals surface area (Å²) in [5.74, 6) is 0. The van der Waals surface area contributed by atoms with E-state index in [1.165, 1.54) is 19.3 Å². The second kappa shape index (κ2) is 7.30. The van der Waals surface area contributed by atoms with Crippen LogP contribution in [0.4, 0.5) is 0 Å². The van der Waals surface area contributed by atoms with Crippen LogP contribution in [0.3, 0.4) is 0 Å². The number of hydrogen-bond donors (Lipinski definition) is 1. The molecular weight excluding hydrogens is 166 g/mol. The maximum atomic E-state index is 5.40. The first-order chi connectivity index (χ1) is 6.43. The molecule has 0 amide bonds. The van der Waals surface area contributed by atoms with Gasteiger partial charge in [0.05, 0.1) is 12.7 Å². The van der Waals surface area contributed by atoms with Crippen LogP contribution in [-0.2, 0) is 9.47 Å². The molecule has 0 aliphatic carbocycles. The van der Waals surface area contributed by atoms with E-state index in [9.17, 15) is 0 Å². The normalized spacial score (nSPS) is 23.3. The molecule has 0 spiro atoms. The molecule has 1 N–H and O–H groups in total. The van der Waals surface area contributed by atoms with E-state index in [0.717, 1.165) is 26.1 Å². The number of rotatable bonds is 6. The predicted molar refractivity (Wildman–Crippen MR) is 52.7 cm³/mol. The molecule has 0 bridgehead atoms. The fraction of sp³-hybridized carbons (Fsp3) is 1.00. The zero-order valence-electron chi connectivity index (χ0n) is 8.55. The van der Waals surface area contributed by atoms with Gasteiger partial charge in [0.15, 0.2) is 0 Å². The number of unbranched alkanes of at least 4 members (excludes halogenated alkanes) is 2. The highest BCUT2D eigenvalue weighted by molar-refractivity contribution is 4.63. The van der Waals surface area contributed by atoms with E-state index in [4.69, 9.17) is 9.47 Å². The summed E-state index contributed by atoms with van der Waals surface area (Å²) in [7, 11) is 0. The van der Waals surface area contributed by atoms with E-state index in [0.29, 0.717) is 12.9 Å². The van der Waals surface area contributed by atoms with Crippen LogP contribution in [-0.4, -0.2) is 32.6 Å². The van der Waals surface area contributed by atoms with Crippen LogP contribution in [0.25, 0.3) is 0 Å². The first kappa shape index (κ1) is 11.0. The highest BCUT2D eigenvalue weighted by Gasteiger charge is 2.12. The largest absolute Gasteiger partial charge is 0.355 e. The molecule has 0 aromatic heterocycles. The van der Waals surface area contributed by atoms with E-state index in [1.807, 2.05) is 0 Å². The topological polar surface area (TPSA) is 30.5 Å². The summed E-state index contributed by atoms with van der Waals surface area (Å²) in [6.07, 6.45) is 5.28. The number of hydrogen-bond acceptors (Lipinski definition) is 3. The molecule has 1 unspecified atom stereocenters. The van der Waals surface area contributed by atoms with Gasteiger partial charge in [0.1, 0.15) is 6.79 Å². The fourth-order valence-electron chi connectivity index (χ4n) is 1.43. The van der Waals surface area contributed by atoms with Gasteiger partial charge in [-0.3, -0.25) is 0 Å². The van der Waals surface area contributed by atoms with Gasteiger partial charge in [0.2, 0.25) is 0 Å². The van der Waals surface area contributed by atoms with Crippen molar-refractivity contribution in [2.75, 3.05) is 26.5 Å². The van der Waals surface area contributed by atoms with Crippen molar-refractivity contribution >= 4 is 0 Å². The Morgan fingerprint density at radius 2 is 2.31 bits per heavy atom. The molecule has 13 heavy (non-hydrogen) atoms. The van der Waals surface area contributed by atoms with Crippen LogP contribution < -0.4 is 5.32 Å². The Kier molecular flexibility index (Phi) is 6.15. The molecule has 1 saturated heterocycles. The number of nitrogens with one attached hydrogen (secondary N) is 1. The van der Waals surface area contributed by atoms with Crippen molar-refractivity contribution in [3.05, 3.63) is 0 Å². The molecule has 1 rings (SSSR count). The molecule has 3 heteroatoms. The van der Waals surface area contributed by atoms with Crippen LogP contribution in [0.1, 0.15) is 32.6 Å². The zero-order chi connectivity index (χ0) is 9.36. The van der Waals surface area contributed by atoms with Crippen LogP contribution in [0.5, 0.6) is 0 Å². The summed E-state index contributed by atoms with van der Waals surface area (Å²) in [6.45, 7) is 5.64. The summed E-state index contributed by atoms with van der Waals surface area (Å²) < 4.78 is 10.5. The van der Waals surface area contributed by atoms with Crippen molar-refractivity contribution in [2.24, 2.45) is 0 Å². The molecule has 3 nitrogen and oxygen atoms in total. The van der Waals surface area contributed by atoms with Crippen LogP contribution in [0, 0.1) is 0 Å². The molecule has 1 heterocycles. The summed E-state index contributed by atoms with van der Waals surface area (Å²) in [4.78, 5) is 0. The first-order valence-electron chi connectivity index (χ1n) is 5.33. The van der Waals surface area contributed by atoms with E-state index in [1.54, 1.807) is 0 Å². The van der Waals surface area contributed by atoms with Gasteiger partial charge in [-0.2, -0.15) is 0 Å². The highest BCUT2D eigenvalue weighted by atomic mass is 16.7. The molecular formula is C10H21NO2. The lowest BCUT2D eigenvalue weighted by Gasteiger charge is -2.22. The summed E-state index contributed by atoms with van der Waals surface area (Å²) >= 11 is 0. The maximum absolute atomic E-state index is 5.40. The summed E-state index contributed by atoms with van der Waals surface area (Å²) in [6, 6.07) is 0. The minimum Gasteiger partial charge on any atom is -0.355 e. The van der Waals surface area contributed by atoms with E-state index >= 15 is 0 Å². The maximum Gasteiger partial charge on any atom is 0.147 e. The van der Waals surface area contributed by atoms with Crippen molar-refractivity contribution in [3.63, 3.8) is 0 Å². The van der Waals surface area contributed by atoms with Crippen LogP contribution in [0.2, 0.25) is 0 Å². The van der Waals surface area contributed by atoms with E-state index < -0.39 is 0 Å². The Morgan fingerprint density at radius 1 is 1.38 bits per heavy atom. The third kappa shape index (κ3) is 5.24. The van der Waals surface area contributed by atoms with Crippen molar-refractivity contribution < 1.29 is 9.47 Å². The minimum absolute atomic E-state index is 0.371. The van der Waals surface area contributed by atoms with Crippen molar-refractivity contribution in [2.45, 2.75) is 38.7 Å². The molecule has 78 valence electrons. The average Bonchev–Trinajstić information content (AvgIpc) is 2.19. The lowest BCUT2D eigenvalue weighted by molar-refractivity contribution is -0.137. The molecule has 1 atom stereocenters. The SMILES string of the molecule is CCCCCNCC1CCOCO1. The molecule has 1 aliphatic heterocycles. The second-order valence-corrected chi connectivity index (χ2v) is 3.51. The lowest BCUT2D eigenvalue weighted by Crippen LogP contribution is -2.34. The van der Waals surface area contributed by atoms with Gasteiger partial charge < -0.3 is 14.8 Å². The quantitative estimate of drug-likeness (QED) is 0.640. The lowest BCUT2D eigenvalue weighted by atomic mass is 10.2. The van der Waals surface area contributed by atoms with Crippen molar-refractivity contribution in [1.29, 1.82) is 0 Å². The summed E-state index contributed by atoms with van der Waals surface area (Å²) in [5.41, 5.74) is 0. The van der Waals surface area contributed by atoms with Crippen LogP contribution in [0.15, 0.2) is 0 Å². The second-order valence-electron chi connectivity index (χ2n) is 3.51. The third-order valence-corrected chi connectivity index (χ3v) is 2.30. The Morgan fingerprint density at radius 3 is 3.00 bits per heavy atom. The van der Waals surface area contributed by atoms with E-state index in [-0.39, 0.29) is 0 Å². The molecule has 0 saturated carbocycles. The van der Waals surface area contributed by atoms with Crippen molar-refractivity contribution in [3.8, 4) is 0 Å². The third-order valence-electron chi connectivity index (χ3n) is 2.30. The Bertz CT molecular complexity index is 113. The van der Waals surface area contributed by atoms with Crippen LogP contribution >= 0.6 is 0 Å². The molecule has 0 aromatic carbocycles. The average molecular weight is 187 g/mol. The first-order valence-corrected chi connectivity index (χ1v) is 5.33. The summed E-state index contributed by atoms with van der Waals surface area (Å²) in [5, 5.41) is 3.41. The monoisotopic (exact) mass is 187 g/mol. The van der Waals surface area contributed by atoms with Gasteiger partial charge in [-0.1, -0.05) is 19.8 Å². The minimum atomic E-state index is 0.371. The van der Waals surface area contributed by atoms with Gasteiger partial charge in [0, 0.05) is 6.54 Å². The van der Waals surface area contributed by atoms with Gasteiger partial charge in [-0.15, -0.1) is 0 Å². The van der Waals surface area contributed by atoms with Gasteiger partial charge in [-0.05, 0) is 19.4 Å². The molecule has 0 aromatic rings. The molecule has 0 radical (unpaired) electrons. The van der Waals surface area contributed by atoms with Gasteiger partial charge >= 0.3 is 0 Å².